The second kappa shape index (κ2) is 7.53. The zero-order chi connectivity index (χ0) is 17.8. The molecule has 2 aromatic heterocycles. The molecule has 0 aliphatic heterocycles. The normalized spacial score (nSPS) is 10.7. The van der Waals surface area contributed by atoms with E-state index in [1.54, 1.807) is 26.6 Å². The topological polar surface area (TPSA) is 60.4 Å². The summed E-state index contributed by atoms with van der Waals surface area (Å²) >= 11 is 6.13. The van der Waals surface area contributed by atoms with Gasteiger partial charge in [-0.1, -0.05) is 0 Å². The lowest BCUT2D eigenvalue weighted by Crippen LogP contribution is -2.22. The second-order valence-electron chi connectivity index (χ2n) is 5.57. The molecule has 0 N–H and O–H groups in total. The largest absolute Gasteiger partial charge is 0.493 e. The molecule has 3 aromatic rings. The maximum Gasteiger partial charge on any atom is 0.224 e. The first-order valence-electron chi connectivity index (χ1n) is 7.81. The van der Waals surface area contributed by atoms with Gasteiger partial charge in [0.15, 0.2) is 11.5 Å². The lowest BCUT2D eigenvalue weighted by Gasteiger charge is -2.20. The SMILES string of the molecule is COc1cc2nc(Cl)nc(N(C)CCc3ccncc3)c2cc1OC. The fourth-order valence-corrected chi connectivity index (χ4v) is 2.83. The molecule has 1 aromatic carbocycles. The van der Waals surface area contributed by atoms with E-state index in [-0.39, 0.29) is 5.28 Å². The van der Waals surface area contributed by atoms with Crippen molar-refractivity contribution in [1.82, 2.24) is 15.0 Å². The third-order valence-electron chi connectivity index (χ3n) is 4.00. The van der Waals surface area contributed by atoms with Crippen LogP contribution in [0.25, 0.3) is 10.9 Å². The van der Waals surface area contributed by atoms with Crippen molar-refractivity contribution in [2.45, 2.75) is 6.42 Å². The number of rotatable bonds is 6. The lowest BCUT2D eigenvalue weighted by atomic mass is 10.1. The van der Waals surface area contributed by atoms with Gasteiger partial charge in [0.1, 0.15) is 5.82 Å². The van der Waals surface area contributed by atoms with E-state index >= 15 is 0 Å². The fourth-order valence-electron chi connectivity index (χ4n) is 2.66. The molecule has 0 saturated heterocycles. The molecule has 3 rings (SSSR count). The third kappa shape index (κ3) is 3.74. The molecule has 6 nitrogen and oxygen atoms in total. The van der Waals surface area contributed by atoms with Crippen LogP contribution in [0.5, 0.6) is 11.5 Å². The Morgan fingerprint density at radius 1 is 1.04 bits per heavy atom. The minimum Gasteiger partial charge on any atom is -0.493 e. The van der Waals surface area contributed by atoms with E-state index in [0.29, 0.717) is 17.0 Å². The second-order valence-corrected chi connectivity index (χ2v) is 5.91. The minimum absolute atomic E-state index is 0.200. The lowest BCUT2D eigenvalue weighted by molar-refractivity contribution is 0.356. The quantitative estimate of drug-likeness (QED) is 0.629. The molecule has 0 aliphatic rings. The van der Waals surface area contributed by atoms with Gasteiger partial charge in [-0.2, -0.15) is 4.98 Å². The maximum absolute atomic E-state index is 6.13. The highest BCUT2D eigenvalue weighted by atomic mass is 35.5. The molecule has 0 unspecified atom stereocenters. The maximum atomic E-state index is 6.13. The monoisotopic (exact) mass is 358 g/mol. The number of halogens is 1. The van der Waals surface area contributed by atoms with Gasteiger partial charge in [-0.05, 0) is 41.8 Å². The predicted octanol–water partition coefficient (Wildman–Crippen LogP) is 3.37. The smallest absolute Gasteiger partial charge is 0.224 e. The van der Waals surface area contributed by atoms with Crippen LogP contribution in [0.1, 0.15) is 5.56 Å². The van der Waals surface area contributed by atoms with Crippen molar-refractivity contribution in [2.24, 2.45) is 0 Å². The van der Waals surface area contributed by atoms with Gasteiger partial charge < -0.3 is 14.4 Å². The Labute approximate surface area is 151 Å². The standard InChI is InChI=1S/C18H19ClN4O2/c1-23(9-6-12-4-7-20-8-5-12)17-13-10-15(24-2)16(25-3)11-14(13)21-18(19)22-17/h4-5,7-8,10-11H,6,9H2,1-3H3. The van der Waals surface area contributed by atoms with Crippen molar-refractivity contribution in [3.05, 3.63) is 47.5 Å². The zero-order valence-corrected chi connectivity index (χ0v) is 15.1. The van der Waals surface area contributed by atoms with Gasteiger partial charge in [-0.15, -0.1) is 0 Å². The van der Waals surface area contributed by atoms with Crippen molar-refractivity contribution in [2.75, 3.05) is 32.7 Å². The Morgan fingerprint density at radius 2 is 1.72 bits per heavy atom. The summed E-state index contributed by atoms with van der Waals surface area (Å²) in [5, 5.41) is 1.06. The molecular formula is C18H19ClN4O2. The van der Waals surface area contributed by atoms with Crippen LogP contribution in [0.2, 0.25) is 5.28 Å². The van der Waals surface area contributed by atoms with Gasteiger partial charge in [0.05, 0.1) is 19.7 Å². The Balaban J connectivity index is 1.96. The first-order chi connectivity index (χ1) is 12.1. The number of pyridine rings is 1. The molecule has 0 saturated carbocycles. The number of benzene rings is 1. The summed E-state index contributed by atoms with van der Waals surface area (Å²) in [5.74, 6) is 1.99. The van der Waals surface area contributed by atoms with E-state index in [4.69, 9.17) is 21.1 Å². The van der Waals surface area contributed by atoms with Gasteiger partial charge >= 0.3 is 0 Å². The summed E-state index contributed by atoms with van der Waals surface area (Å²) in [6, 6.07) is 7.70. The molecule has 0 fully saturated rings. The van der Waals surface area contributed by atoms with Crippen LogP contribution in [0.4, 0.5) is 5.82 Å². The fraction of sp³-hybridized carbons (Fsp3) is 0.278. The van der Waals surface area contributed by atoms with E-state index in [1.807, 2.05) is 31.3 Å². The molecule has 0 radical (unpaired) electrons. The van der Waals surface area contributed by atoms with Gasteiger partial charge in [-0.3, -0.25) is 4.98 Å². The molecular weight excluding hydrogens is 340 g/mol. The van der Waals surface area contributed by atoms with Crippen LogP contribution in [-0.4, -0.2) is 42.8 Å². The van der Waals surface area contributed by atoms with Crippen LogP contribution >= 0.6 is 11.6 Å². The zero-order valence-electron chi connectivity index (χ0n) is 14.4. The van der Waals surface area contributed by atoms with E-state index < -0.39 is 0 Å². The number of likely N-dealkylation sites (N-methyl/N-ethyl adjacent to an activating group) is 1. The van der Waals surface area contributed by atoms with E-state index in [1.165, 1.54) is 5.56 Å². The van der Waals surface area contributed by atoms with E-state index in [0.717, 1.165) is 24.2 Å². The molecule has 2 heterocycles. The third-order valence-corrected chi connectivity index (χ3v) is 4.17. The average molecular weight is 359 g/mol. The number of anilines is 1. The number of hydrogen-bond acceptors (Lipinski definition) is 6. The number of fused-ring (bicyclic) bond motifs is 1. The Morgan fingerprint density at radius 3 is 2.40 bits per heavy atom. The number of methoxy groups -OCH3 is 2. The summed E-state index contributed by atoms with van der Waals surface area (Å²) in [4.78, 5) is 14.8. The summed E-state index contributed by atoms with van der Waals surface area (Å²) in [6.45, 7) is 0.779. The first kappa shape index (κ1) is 17.2. The van der Waals surface area contributed by atoms with Crippen LogP contribution in [-0.2, 0) is 6.42 Å². The van der Waals surface area contributed by atoms with Gasteiger partial charge in [0.2, 0.25) is 5.28 Å². The highest BCUT2D eigenvalue weighted by Gasteiger charge is 2.15. The van der Waals surface area contributed by atoms with Crippen molar-refractivity contribution < 1.29 is 9.47 Å². The van der Waals surface area contributed by atoms with Crippen molar-refractivity contribution in [3.8, 4) is 11.5 Å². The number of hydrogen-bond donors (Lipinski definition) is 0. The average Bonchev–Trinajstić information content (AvgIpc) is 2.65. The van der Waals surface area contributed by atoms with Gasteiger partial charge in [0.25, 0.3) is 0 Å². The summed E-state index contributed by atoms with van der Waals surface area (Å²) in [7, 11) is 5.18. The van der Waals surface area contributed by atoms with Crippen LogP contribution in [0.15, 0.2) is 36.7 Å². The molecule has 25 heavy (non-hydrogen) atoms. The number of nitrogens with zero attached hydrogens (tertiary/aromatic N) is 4. The summed E-state index contributed by atoms with van der Waals surface area (Å²) < 4.78 is 10.7. The van der Waals surface area contributed by atoms with Gasteiger partial charge in [0, 0.05) is 37.4 Å². The molecule has 130 valence electrons. The molecule has 0 aliphatic carbocycles. The molecule has 0 spiro atoms. The van der Waals surface area contributed by atoms with Gasteiger partial charge in [-0.25, -0.2) is 4.98 Å². The summed E-state index contributed by atoms with van der Waals surface area (Å²) in [5.41, 5.74) is 1.92. The van der Waals surface area contributed by atoms with Crippen LogP contribution in [0.3, 0.4) is 0 Å². The van der Waals surface area contributed by atoms with Crippen LogP contribution in [0, 0.1) is 0 Å². The Bertz CT molecular complexity index is 874. The molecule has 7 heteroatoms. The van der Waals surface area contributed by atoms with Crippen molar-refractivity contribution in [3.63, 3.8) is 0 Å². The Kier molecular flexibility index (Phi) is 5.19. The van der Waals surface area contributed by atoms with E-state index in [9.17, 15) is 0 Å². The van der Waals surface area contributed by atoms with Crippen LogP contribution < -0.4 is 14.4 Å². The first-order valence-corrected chi connectivity index (χ1v) is 8.19. The number of aromatic nitrogens is 3. The highest BCUT2D eigenvalue weighted by Crippen LogP contribution is 2.35. The summed E-state index contributed by atoms with van der Waals surface area (Å²) in [6.07, 6.45) is 4.46. The number of ether oxygens (including phenoxy) is 2. The Hall–Kier alpha value is -2.60. The molecule has 0 amide bonds. The molecule has 0 atom stereocenters. The van der Waals surface area contributed by atoms with Crippen molar-refractivity contribution in [1.29, 1.82) is 0 Å². The van der Waals surface area contributed by atoms with E-state index in [2.05, 4.69) is 19.9 Å². The minimum atomic E-state index is 0.200. The molecule has 0 bridgehead atoms. The van der Waals surface area contributed by atoms with Crippen molar-refractivity contribution >= 4 is 28.3 Å². The highest BCUT2D eigenvalue weighted by molar-refractivity contribution is 6.28. The predicted molar refractivity (Wildman–Crippen MR) is 98.9 cm³/mol.